The second kappa shape index (κ2) is 5.82. The first-order valence-electron chi connectivity index (χ1n) is 7.94. The fourth-order valence-electron chi connectivity index (χ4n) is 3.69. The molecule has 5 heteroatoms. The molecule has 112 valence electrons. The number of aromatic nitrogens is 3. The van der Waals surface area contributed by atoms with E-state index >= 15 is 0 Å². The lowest BCUT2D eigenvalue weighted by molar-refractivity contribution is -0.0629. The van der Waals surface area contributed by atoms with Crippen molar-refractivity contribution in [3.8, 4) is 0 Å². The number of nitrogens with zero attached hydrogens (tertiary/aromatic N) is 3. The van der Waals surface area contributed by atoms with Crippen molar-refractivity contribution in [2.75, 3.05) is 6.54 Å². The molecular formula is C15H26N4O. The van der Waals surface area contributed by atoms with Gasteiger partial charge in [0.2, 0.25) is 0 Å². The van der Waals surface area contributed by atoms with Crippen LogP contribution in [0.15, 0.2) is 6.33 Å². The van der Waals surface area contributed by atoms with E-state index in [0.29, 0.717) is 6.10 Å². The largest absolute Gasteiger partial charge is 0.370 e. The first-order valence-corrected chi connectivity index (χ1v) is 7.94. The molecule has 1 spiro atoms. The minimum atomic E-state index is 0.217. The van der Waals surface area contributed by atoms with E-state index < -0.39 is 0 Å². The average Bonchev–Trinajstić information content (AvgIpc) is 3.04. The van der Waals surface area contributed by atoms with Gasteiger partial charge in [-0.15, -0.1) is 10.2 Å². The molecule has 0 amide bonds. The summed E-state index contributed by atoms with van der Waals surface area (Å²) in [5, 5.41) is 11.6. The van der Waals surface area contributed by atoms with Gasteiger partial charge in [0.15, 0.2) is 0 Å². The summed E-state index contributed by atoms with van der Waals surface area (Å²) in [7, 11) is 1.98. The highest BCUT2D eigenvalue weighted by molar-refractivity contribution is 4.95. The Morgan fingerprint density at radius 1 is 1.40 bits per heavy atom. The standard InChI is InChI=1S/C15H26N4O/c1-12(14-18-17-11-19(14)2)16-10-13-6-9-15(20-13)7-4-3-5-8-15/h11-13,16H,3-10H2,1-2H3. The van der Waals surface area contributed by atoms with Gasteiger partial charge in [-0.25, -0.2) is 0 Å². The van der Waals surface area contributed by atoms with Crippen molar-refractivity contribution in [3.63, 3.8) is 0 Å². The zero-order chi connectivity index (χ0) is 14.0. The van der Waals surface area contributed by atoms with Crippen LogP contribution in [-0.2, 0) is 11.8 Å². The molecule has 1 aromatic heterocycles. The predicted molar refractivity (Wildman–Crippen MR) is 77.3 cm³/mol. The lowest BCUT2D eigenvalue weighted by atomic mass is 9.83. The van der Waals surface area contributed by atoms with E-state index in [-0.39, 0.29) is 11.6 Å². The molecule has 1 N–H and O–H groups in total. The van der Waals surface area contributed by atoms with E-state index in [2.05, 4.69) is 22.4 Å². The Morgan fingerprint density at radius 3 is 2.90 bits per heavy atom. The summed E-state index contributed by atoms with van der Waals surface area (Å²) in [4.78, 5) is 0. The number of hydrogen-bond donors (Lipinski definition) is 1. The number of rotatable bonds is 4. The number of ether oxygens (including phenoxy) is 1. The molecule has 0 bridgehead atoms. The highest BCUT2D eigenvalue weighted by Gasteiger charge is 2.40. The van der Waals surface area contributed by atoms with Crippen LogP contribution in [0.5, 0.6) is 0 Å². The summed E-state index contributed by atoms with van der Waals surface area (Å²) in [6.45, 7) is 3.05. The summed E-state index contributed by atoms with van der Waals surface area (Å²) in [6, 6.07) is 0.217. The van der Waals surface area contributed by atoms with E-state index in [1.165, 1.54) is 44.9 Å². The number of nitrogens with one attached hydrogen (secondary N) is 1. The summed E-state index contributed by atoms with van der Waals surface area (Å²) < 4.78 is 8.35. The zero-order valence-electron chi connectivity index (χ0n) is 12.6. The molecular weight excluding hydrogens is 252 g/mol. The molecule has 1 aliphatic heterocycles. The van der Waals surface area contributed by atoms with Gasteiger partial charge in [-0.3, -0.25) is 0 Å². The van der Waals surface area contributed by atoms with Gasteiger partial charge in [-0.05, 0) is 32.6 Å². The monoisotopic (exact) mass is 278 g/mol. The highest BCUT2D eigenvalue weighted by atomic mass is 16.5. The van der Waals surface area contributed by atoms with Crippen molar-refractivity contribution in [1.29, 1.82) is 0 Å². The lowest BCUT2D eigenvalue weighted by Gasteiger charge is -2.33. The van der Waals surface area contributed by atoms with Gasteiger partial charge in [0.1, 0.15) is 12.2 Å². The third kappa shape index (κ3) is 2.88. The van der Waals surface area contributed by atoms with E-state index in [4.69, 9.17) is 4.74 Å². The molecule has 1 aliphatic carbocycles. The minimum Gasteiger partial charge on any atom is -0.370 e. The van der Waals surface area contributed by atoms with Crippen molar-refractivity contribution in [2.45, 2.75) is 69.6 Å². The molecule has 1 aromatic rings. The summed E-state index contributed by atoms with van der Waals surface area (Å²) in [6.07, 6.45) is 11.2. The third-order valence-corrected chi connectivity index (χ3v) is 4.89. The maximum absolute atomic E-state index is 6.38. The fraction of sp³-hybridized carbons (Fsp3) is 0.867. The molecule has 2 atom stereocenters. The van der Waals surface area contributed by atoms with Crippen LogP contribution in [0.2, 0.25) is 0 Å². The van der Waals surface area contributed by atoms with Crippen LogP contribution in [0.1, 0.15) is 63.7 Å². The van der Waals surface area contributed by atoms with Gasteiger partial charge in [0.05, 0.1) is 17.7 Å². The first-order chi connectivity index (χ1) is 9.69. The molecule has 2 unspecified atom stereocenters. The second-order valence-corrected chi connectivity index (χ2v) is 6.45. The van der Waals surface area contributed by atoms with E-state index in [1.54, 1.807) is 6.33 Å². The average molecular weight is 278 g/mol. The Kier molecular flexibility index (Phi) is 4.08. The fourth-order valence-corrected chi connectivity index (χ4v) is 3.69. The predicted octanol–water partition coefficient (Wildman–Crippen LogP) is 2.35. The third-order valence-electron chi connectivity index (χ3n) is 4.89. The Bertz CT molecular complexity index is 439. The maximum atomic E-state index is 6.38. The van der Waals surface area contributed by atoms with Crippen LogP contribution in [0.25, 0.3) is 0 Å². The Balaban J connectivity index is 1.49. The van der Waals surface area contributed by atoms with Gasteiger partial charge < -0.3 is 14.6 Å². The molecule has 20 heavy (non-hydrogen) atoms. The molecule has 0 radical (unpaired) electrons. The molecule has 2 aliphatic rings. The zero-order valence-corrected chi connectivity index (χ0v) is 12.6. The molecule has 1 saturated carbocycles. The van der Waals surface area contributed by atoms with Crippen LogP contribution < -0.4 is 5.32 Å². The smallest absolute Gasteiger partial charge is 0.149 e. The van der Waals surface area contributed by atoms with Crippen molar-refractivity contribution in [3.05, 3.63) is 12.2 Å². The summed E-state index contributed by atoms with van der Waals surface area (Å²) >= 11 is 0. The molecule has 2 fully saturated rings. The Hall–Kier alpha value is -0.940. The highest BCUT2D eigenvalue weighted by Crippen LogP contribution is 2.41. The van der Waals surface area contributed by atoms with Crippen LogP contribution in [0.3, 0.4) is 0 Å². The lowest BCUT2D eigenvalue weighted by Crippen LogP contribution is -2.35. The van der Waals surface area contributed by atoms with Crippen molar-refractivity contribution in [1.82, 2.24) is 20.1 Å². The SMILES string of the molecule is CC(NCC1CCC2(CCCCC2)O1)c1nncn1C. The van der Waals surface area contributed by atoms with E-state index in [9.17, 15) is 0 Å². The molecule has 5 nitrogen and oxygen atoms in total. The van der Waals surface area contributed by atoms with Crippen LogP contribution in [0.4, 0.5) is 0 Å². The van der Waals surface area contributed by atoms with Crippen molar-refractivity contribution >= 4 is 0 Å². The maximum Gasteiger partial charge on any atom is 0.149 e. The van der Waals surface area contributed by atoms with Crippen molar-refractivity contribution < 1.29 is 4.74 Å². The van der Waals surface area contributed by atoms with Crippen molar-refractivity contribution in [2.24, 2.45) is 7.05 Å². The number of hydrogen-bond acceptors (Lipinski definition) is 4. The second-order valence-electron chi connectivity index (χ2n) is 6.45. The van der Waals surface area contributed by atoms with Gasteiger partial charge in [-0.2, -0.15) is 0 Å². The molecule has 2 heterocycles. The molecule has 1 saturated heterocycles. The Morgan fingerprint density at radius 2 is 2.20 bits per heavy atom. The van der Waals surface area contributed by atoms with E-state index in [0.717, 1.165) is 12.4 Å². The number of aryl methyl sites for hydroxylation is 1. The summed E-state index contributed by atoms with van der Waals surface area (Å²) in [5.74, 6) is 0.982. The quantitative estimate of drug-likeness (QED) is 0.918. The summed E-state index contributed by atoms with van der Waals surface area (Å²) in [5.41, 5.74) is 0.221. The molecule has 3 rings (SSSR count). The molecule has 0 aromatic carbocycles. The van der Waals surface area contributed by atoms with E-state index in [1.807, 2.05) is 11.6 Å². The Labute approximate surface area is 121 Å². The van der Waals surface area contributed by atoms with Gasteiger partial charge in [0.25, 0.3) is 0 Å². The first kappa shape index (κ1) is 14.0. The van der Waals surface area contributed by atoms with Crippen LogP contribution >= 0.6 is 0 Å². The normalized spacial score (nSPS) is 27.0. The van der Waals surface area contributed by atoms with Gasteiger partial charge in [-0.1, -0.05) is 19.3 Å². The topological polar surface area (TPSA) is 52.0 Å². The van der Waals surface area contributed by atoms with Gasteiger partial charge in [0, 0.05) is 13.6 Å². The van der Waals surface area contributed by atoms with Crippen LogP contribution in [-0.4, -0.2) is 33.0 Å². The van der Waals surface area contributed by atoms with Gasteiger partial charge >= 0.3 is 0 Å². The van der Waals surface area contributed by atoms with Crippen LogP contribution in [0, 0.1) is 0 Å². The minimum absolute atomic E-state index is 0.217.